The first-order valence-electron chi connectivity index (χ1n) is 6.80. The van der Waals surface area contributed by atoms with Gasteiger partial charge in [0.05, 0.1) is 11.8 Å². The minimum Gasteiger partial charge on any atom is -0.355 e. The Hall–Kier alpha value is -1.35. The highest BCUT2D eigenvalue weighted by Gasteiger charge is 2.32. The number of nitrogens with zero attached hydrogens (tertiary/aromatic N) is 3. The van der Waals surface area contributed by atoms with Gasteiger partial charge in [0, 0.05) is 32.4 Å². The molecule has 1 aromatic heterocycles. The molecule has 5 nitrogen and oxygen atoms in total. The third-order valence-electron chi connectivity index (χ3n) is 3.83. The lowest BCUT2D eigenvalue weighted by atomic mass is 10.1. The first-order valence-corrected chi connectivity index (χ1v) is 8.65. The van der Waals surface area contributed by atoms with Gasteiger partial charge in [-0.2, -0.15) is 13.2 Å². The van der Waals surface area contributed by atoms with Crippen LogP contribution in [0, 0.1) is 0 Å². The summed E-state index contributed by atoms with van der Waals surface area (Å²) in [5.41, 5.74) is -0.754. The number of piperidine rings is 1. The quantitative estimate of drug-likeness (QED) is 0.846. The van der Waals surface area contributed by atoms with E-state index in [1.807, 2.05) is 0 Å². The Labute approximate surface area is 127 Å². The van der Waals surface area contributed by atoms with Crippen molar-refractivity contribution in [3.63, 3.8) is 0 Å². The van der Waals surface area contributed by atoms with Crippen molar-refractivity contribution in [3.05, 3.63) is 23.9 Å². The summed E-state index contributed by atoms with van der Waals surface area (Å²) < 4.78 is 62.8. The van der Waals surface area contributed by atoms with Gasteiger partial charge in [-0.15, -0.1) is 0 Å². The summed E-state index contributed by atoms with van der Waals surface area (Å²) in [5.74, 6) is 0.224. The van der Waals surface area contributed by atoms with Crippen molar-refractivity contribution < 1.29 is 21.6 Å². The predicted molar refractivity (Wildman–Crippen MR) is 77.1 cm³/mol. The average Bonchev–Trinajstić information content (AvgIpc) is 2.45. The highest BCUT2D eigenvalue weighted by molar-refractivity contribution is 7.88. The number of anilines is 1. The zero-order valence-corrected chi connectivity index (χ0v) is 13.2. The van der Waals surface area contributed by atoms with E-state index < -0.39 is 21.8 Å². The number of alkyl halides is 3. The van der Waals surface area contributed by atoms with E-state index in [0.717, 1.165) is 24.6 Å². The largest absolute Gasteiger partial charge is 0.416 e. The molecule has 2 rings (SSSR count). The number of sulfonamides is 1. The van der Waals surface area contributed by atoms with Crippen molar-refractivity contribution in [2.45, 2.75) is 25.1 Å². The van der Waals surface area contributed by atoms with Crippen LogP contribution < -0.4 is 4.90 Å². The molecule has 0 radical (unpaired) electrons. The maximum Gasteiger partial charge on any atom is 0.416 e. The van der Waals surface area contributed by atoms with Crippen LogP contribution in [0.3, 0.4) is 0 Å². The van der Waals surface area contributed by atoms with Crippen LogP contribution in [0.1, 0.15) is 18.4 Å². The van der Waals surface area contributed by atoms with Gasteiger partial charge in [0.1, 0.15) is 5.82 Å². The minimum absolute atomic E-state index is 0.224. The van der Waals surface area contributed by atoms with E-state index in [0.29, 0.717) is 25.9 Å². The van der Waals surface area contributed by atoms with E-state index in [9.17, 15) is 21.6 Å². The molecule has 1 unspecified atom stereocenters. The summed E-state index contributed by atoms with van der Waals surface area (Å²) in [6.07, 6.45) is -0.797. The van der Waals surface area contributed by atoms with E-state index in [1.54, 1.807) is 4.90 Å². The summed E-state index contributed by atoms with van der Waals surface area (Å²) in [5, 5.41) is 0. The van der Waals surface area contributed by atoms with E-state index in [-0.39, 0.29) is 11.9 Å². The fraction of sp³-hybridized carbons (Fsp3) is 0.615. The first kappa shape index (κ1) is 17.0. The van der Waals surface area contributed by atoms with Gasteiger partial charge in [0.25, 0.3) is 0 Å². The predicted octanol–water partition coefficient (Wildman–Crippen LogP) is 1.96. The molecule has 0 aromatic carbocycles. The van der Waals surface area contributed by atoms with Gasteiger partial charge in [-0.25, -0.2) is 17.7 Å². The Balaban J connectivity index is 2.20. The monoisotopic (exact) mass is 337 g/mol. The van der Waals surface area contributed by atoms with Crippen LogP contribution in [0.2, 0.25) is 0 Å². The Morgan fingerprint density at radius 2 is 2.09 bits per heavy atom. The zero-order chi connectivity index (χ0) is 16.5. The molecule has 1 aromatic rings. The standard InChI is InChI=1S/C13H18F3N3O2S/c1-18(22(2,20)21)11-4-3-7-19(9-11)12-8-10(5-6-17-12)13(14,15)16/h5-6,8,11H,3-4,7,9H2,1-2H3. The highest BCUT2D eigenvalue weighted by Crippen LogP contribution is 2.31. The Bertz CT molecular complexity index is 634. The third kappa shape index (κ3) is 3.89. The lowest BCUT2D eigenvalue weighted by Crippen LogP contribution is -2.48. The van der Waals surface area contributed by atoms with E-state index in [1.165, 1.54) is 11.4 Å². The van der Waals surface area contributed by atoms with Crippen LogP contribution in [0.5, 0.6) is 0 Å². The van der Waals surface area contributed by atoms with Crippen LogP contribution in [-0.4, -0.2) is 50.1 Å². The second-order valence-electron chi connectivity index (χ2n) is 5.42. The molecule has 1 saturated heterocycles. The number of halogens is 3. The van der Waals surface area contributed by atoms with Gasteiger partial charge in [0.15, 0.2) is 0 Å². The molecule has 1 atom stereocenters. The van der Waals surface area contributed by atoms with Gasteiger partial charge in [-0.05, 0) is 25.0 Å². The highest BCUT2D eigenvalue weighted by atomic mass is 32.2. The van der Waals surface area contributed by atoms with Crippen molar-refractivity contribution >= 4 is 15.8 Å². The minimum atomic E-state index is -4.42. The lowest BCUT2D eigenvalue weighted by Gasteiger charge is -2.37. The van der Waals surface area contributed by atoms with Gasteiger partial charge >= 0.3 is 6.18 Å². The van der Waals surface area contributed by atoms with Crippen molar-refractivity contribution in [2.24, 2.45) is 0 Å². The molecule has 0 aliphatic carbocycles. The Morgan fingerprint density at radius 1 is 1.41 bits per heavy atom. The number of aromatic nitrogens is 1. The van der Waals surface area contributed by atoms with Crippen LogP contribution in [-0.2, 0) is 16.2 Å². The lowest BCUT2D eigenvalue weighted by molar-refractivity contribution is -0.137. The maximum absolute atomic E-state index is 12.8. The summed E-state index contributed by atoms with van der Waals surface area (Å²) in [7, 11) is -1.84. The Kier molecular flexibility index (Phi) is 4.67. The van der Waals surface area contributed by atoms with E-state index in [4.69, 9.17) is 0 Å². The van der Waals surface area contributed by atoms with Crippen LogP contribution in [0.15, 0.2) is 18.3 Å². The molecule has 1 aliphatic heterocycles. The summed E-state index contributed by atoms with van der Waals surface area (Å²) in [6.45, 7) is 0.889. The summed E-state index contributed by atoms with van der Waals surface area (Å²) in [6, 6.07) is 1.66. The number of rotatable bonds is 3. The van der Waals surface area contributed by atoms with E-state index in [2.05, 4.69) is 4.98 Å². The van der Waals surface area contributed by atoms with Gasteiger partial charge in [-0.1, -0.05) is 0 Å². The Morgan fingerprint density at radius 3 is 2.68 bits per heavy atom. The third-order valence-corrected chi connectivity index (χ3v) is 5.18. The molecule has 0 amide bonds. The molecule has 0 N–H and O–H groups in total. The van der Waals surface area contributed by atoms with Crippen LogP contribution in [0.4, 0.5) is 19.0 Å². The molecule has 2 heterocycles. The number of hydrogen-bond acceptors (Lipinski definition) is 4. The molecule has 22 heavy (non-hydrogen) atoms. The summed E-state index contributed by atoms with van der Waals surface area (Å²) >= 11 is 0. The van der Waals surface area contributed by atoms with Crippen LogP contribution >= 0.6 is 0 Å². The molecular formula is C13H18F3N3O2S. The van der Waals surface area contributed by atoms with Crippen molar-refractivity contribution in [1.29, 1.82) is 0 Å². The molecule has 9 heteroatoms. The van der Waals surface area contributed by atoms with Crippen molar-refractivity contribution in [3.8, 4) is 0 Å². The number of pyridine rings is 1. The molecule has 124 valence electrons. The van der Waals surface area contributed by atoms with Crippen molar-refractivity contribution in [1.82, 2.24) is 9.29 Å². The molecule has 0 bridgehead atoms. The second kappa shape index (κ2) is 6.04. The normalized spacial score (nSPS) is 20.5. The zero-order valence-electron chi connectivity index (χ0n) is 12.3. The number of likely N-dealkylation sites (N-methyl/N-ethyl adjacent to an activating group) is 1. The van der Waals surface area contributed by atoms with Crippen LogP contribution in [0.25, 0.3) is 0 Å². The van der Waals surface area contributed by atoms with Gasteiger partial charge in [-0.3, -0.25) is 0 Å². The average molecular weight is 337 g/mol. The number of hydrogen-bond donors (Lipinski definition) is 0. The molecule has 0 saturated carbocycles. The van der Waals surface area contributed by atoms with E-state index >= 15 is 0 Å². The molecular weight excluding hydrogens is 319 g/mol. The van der Waals surface area contributed by atoms with Crippen molar-refractivity contribution in [2.75, 3.05) is 31.3 Å². The first-order chi connectivity index (χ1) is 10.1. The molecule has 1 aliphatic rings. The smallest absolute Gasteiger partial charge is 0.355 e. The summed E-state index contributed by atoms with van der Waals surface area (Å²) in [4.78, 5) is 5.69. The SMILES string of the molecule is CN(C1CCCN(c2cc(C(F)(F)F)ccn2)C1)S(C)(=O)=O. The fourth-order valence-corrected chi connectivity index (χ4v) is 3.21. The second-order valence-corrected chi connectivity index (χ2v) is 7.46. The molecule has 0 spiro atoms. The maximum atomic E-state index is 12.8. The van der Waals surface area contributed by atoms with Gasteiger partial charge < -0.3 is 4.90 Å². The van der Waals surface area contributed by atoms with Gasteiger partial charge in [0.2, 0.25) is 10.0 Å². The molecule has 1 fully saturated rings. The topological polar surface area (TPSA) is 53.5 Å². The fourth-order valence-electron chi connectivity index (χ4n) is 2.50.